The Morgan fingerprint density at radius 1 is 1.33 bits per heavy atom. The number of thioether (sulfide) groups is 1. The van der Waals surface area contributed by atoms with Crippen molar-refractivity contribution < 1.29 is 19.4 Å². The Labute approximate surface area is 128 Å². The third kappa shape index (κ3) is 5.08. The lowest BCUT2D eigenvalue weighted by atomic mass is 9.96. The normalized spacial score (nSPS) is 15.5. The number of carboxylic acid groups (broad SMARTS) is 1. The molecule has 1 aromatic carbocycles. The largest absolute Gasteiger partial charge is 0.481 e. The molecular weight excluding hydrogens is 288 g/mol. The molecule has 0 heterocycles. The first-order valence-corrected chi connectivity index (χ1v) is 8.20. The maximum atomic E-state index is 11.5. The zero-order valence-corrected chi connectivity index (χ0v) is 12.9. The van der Waals surface area contributed by atoms with Crippen LogP contribution in [0.3, 0.4) is 0 Å². The van der Waals surface area contributed by atoms with Crippen LogP contribution >= 0.6 is 11.8 Å². The first kappa shape index (κ1) is 15.9. The number of carbonyl (C=O) groups excluding carboxylic acids is 1. The average molecular weight is 308 g/mol. The summed E-state index contributed by atoms with van der Waals surface area (Å²) in [5, 5.41) is 9.28. The fourth-order valence-electron chi connectivity index (χ4n) is 2.03. The Balaban J connectivity index is 1.98. The molecule has 21 heavy (non-hydrogen) atoms. The van der Waals surface area contributed by atoms with Gasteiger partial charge in [0.05, 0.1) is 18.9 Å². The minimum Gasteiger partial charge on any atom is -0.481 e. The molecule has 5 heteroatoms. The van der Waals surface area contributed by atoms with Crippen LogP contribution in [0, 0.1) is 5.92 Å². The fourth-order valence-corrected chi connectivity index (χ4v) is 3.12. The van der Waals surface area contributed by atoms with Crippen LogP contribution in [0.1, 0.15) is 37.7 Å². The van der Waals surface area contributed by atoms with Gasteiger partial charge in [0.2, 0.25) is 0 Å². The van der Waals surface area contributed by atoms with E-state index in [0.717, 1.165) is 16.6 Å². The Hall–Kier alpha value is -1.49. The van der Waals surface area contributed by atoms with Gasteiger partial charge in [-0.2, -0.15) is 0 Å². The molecule has 2 rings (SSSR count). The lowest BCUT2D eigenvalue weighted by molar-refractivity contribution is -0.148. The molecule has 1 N–H and O–H groups in total. The molecule has 0 saturated heterocycles. The van der Waals surface area contributed by atoms with E-state index < -0.39 is 17.9 Å². The summed E-state index contributed by atoms with van der Waals surface area (Å²) < 4.78 is 4.83. The summed E-state index contributed by atoms with van der Waals surface area (Å²) in [4.78, 5) is 24.0. The van der Waals surface area contributed by atoms with Crippen molar-refractivity contribution in [1.82, 2.24) is 0 Å². The molecular formula is C16H20O4S. The molecule has 0 bridgehead atoms. The number of hydrogen-bond donors (Lipinski definition) is 1. The monoisotopic (exact) mass is 308 g/mol. The fraction of sp³-hybridized carbons (Fsp3) is 0.500. The molecule has 1 aromatic rings. The number of esters is 1. The van der Waals surface area contributed by atoms with Gasteiger partial charge in [0.1, 0.15) is 0 Å². The van der Waals surface area contributed by atoms with Crippen molar-refractivity contribution in [3.05, 3.63) is 29.8 Å². The molecule has 1 saturated carbocycles. The summed E-state index contributed by atoms with van der Waals surface area (Å²) in [7, 11) is 0. The summed E-state index contributed by atoms with van der Waals surface area (Å²) in [6.07, 6.45) is 2.52. The van der Waals surface area contributed by atoms with Crippen LogP contribution in [-0.2, 0) is 14.3 Å². The maximum absolute atomic E-state index is 11.5. The van der Waals surface area contributed by atoms with Crippen molar-refractivity contribution in [2.75, 3.05) is 12.4 Å². The topological polar surface area (TPSA) is 63.6 Å². The number of carboxylic acids is 1. The minimum absolute atomic E-state index is 0.127. The van der Waals surface area contributed by atoms with E-state index in [1.807, 2.05) is 12.1 Å². The van der Waals surface area contributed by atoms with Crippen LogP contribution < -0.4 is 0 Å². The van der Waals surface area contributed by atoms with Crippen LogP contribution in [-0.4, -0.2) is 29.4 Å². The zero-order chi connectivity index (χ0) is 15.2. The van der Waals surface area contributed by atoms with Gasteiger partial charge in [0.25, 0.3) is 0 Å². The van der Waals surface area contributed by atoms with E-state index in [1.165, 1.54) is 12.8 Å². The molecule has 0 radical (unpaired) electrons. The number of carbonyl (C=O) groups is 2. The van der Waals surface area contributed by atoms with Crippen LogP contribution in [0.15, 0.2) is 29.2 Å². The van der Waals surface area contributed by atoms with Crippen molar-refractivity contribution in [2.24, 2.45) is 5.92 Å². The summed E-state index contributed by atoms with van der Waals surface area (Å²) in [6.45, 7) is 1.97. The zero-order valence-electron chi connectivity index (χ0n) is 12.1. The molecule has 0 aromatic heterocycles. The first-order chi connectivity index (χ1) is 10.1. The van der Waals surface area contributed by atoms with Gasteiger partial charge in [-0.15, -0.1) is 11.8 Å². The molecule has 0 spiro atoms. The molecule has 0 aliphatic heterocycles. The second-order valence-corrected chi connectivity index (χ2v) is 6.32. The quantitative estimate of drug-likeness (QED) is 0.589. The van der Waals surface area contributed by atoms with Gasteiger partial charge < -0.3 is 9.84 Å². The van der Waals surface area contributed by atoms with Crippen molar-refractivity contribution in [1.29, 1.82) is 0 Å². The second kappa shape index (κ2) is 7.50. The third-order valence-corrected chi connectivity index (χ3v) is 4.68. The average Bonchev–Trinajstić information content (AvgIpc) is 3.27. The first-order valence-electron chi connectivity index (χ1n) is 7.21. The standard InChI is InChI=1S/C16H20O4S/c1-2-20-15(17)9-14(16(18)19)12-5-7-13(8-6-12)21-10-11-3-4-11/h5-8,11,14H,2-4,9-10H2,1H3,(H,18,19). The van der Waals surface area contributed by atoms with E-state index in [2.05, 4.69) is 0 Å². The van der Waals surface area contributed by atoms with Gasteiger partial charge in [-0.05, 0) is 43.4 Å². The van der Waals surface area contributed by atoms with Crippen molar-refractivity contribution in [3.63, 3.8) is 0 Å². The Kier molecular flexibility index (Phi) is 5.67. The maximum Gasteiger partial charge on any atom is 0.311 e. The molecule has 4 nitrogen and oxygen atoms in total. The number of benzene rings is 1. The third-order valence-electron chi connectivity index (χ3n) is 3.44. The lowest BCUT2D eigenvalue weighted by Gasteiger charge is -2.12. The number of ether oxygens (including phenoxy) is 1. The van der Waals surface area contributed by atoms with Gasteiger partial charge in [0, 0.05) is 10.6 Å². The van der Waals surface area contributed by atoms with Crippen molar-refractivity contribution >= 4 is 23.7 Å². The molecule has 0 amide bonds. The van der Waals surface area contributed by atoms with Crippen LogP contribution in [0.5, 0.6) is 0 Å². The van der Waals surface area contributed by atoms with E-state index in [0.29, 0.717) is 5.56 Å². The minimum atomic E-state index is -0.999. The number of hydrogen-bond acceptors (Lipinski definition) is 4. The summed E-state index contributed by atoms with van der Waals surface area (Å²) in [5.74, 6) is -0.333. The Morgan fingerprint density at radius 2 is 2.00 bits per heavy atom. The smallest absolute Gasteiger partial charge is 0.311 e. The highest BCUT2D eigenvalue weighted by atomic mass is 32.2. The van der Waals surface area contributed by atoms with Gasteiger partial charge in [-0.25, -0.2) is 0 Å². The molecule has 1 fully saturated rings. The molecule has 1 atom stereocenters. The van der Waals surface area contributed by atoms with Crippen LogP contribution in [0.4, 0.5) is 0 Å². The van der Waals surface area contributed by atoms with E-state index in [1.54, 1.807) is 30.8 Å². The summed E-state index contributed by atoms with van der Waals surface area (Å²) >= 11 is 1.80. The predicted molar refractivity (Wildman–Crippen MR) is 81.5 cm³/mol. The van der Waals surface area contributed by atoms with Crippen LogP contribution in [0.25, 0.3) is 0 Å². The van der Waals surface area contributed by atoms with Crippen molar-refractivity contribution in [3.8, 4) is 0 Å². The van der Waals surface area contributed by atoms with E-state index in [-0.39, 0.29) is 13.0 Å². The molecule has 114 valence electrons. The number of aliphatic carboxylic acids is 1. The van der Waals surface area contributed by atoms with Gasteiger partial charge in [0.15, 0.2) is 0 Å². The van der Waals surface area contributed by atoms with Crippen LogP contribution in [0.2, 0.25) is 0 Å². The SMILES string of the molecule is CCOC(=O)CC(C(=O)O)c1ccc(SCC2CC2)cc1. The summed E-state index contributed by atoms with van der Waals surface area (Å²) in [6, 6.07) is 7.47. The molecule has 1 unspecified atom stereocenters. The molecule has 1 aliphatic carbocycles. The highest BCUT2D eigenvalue weighted by Gasteiger charge is 2.24. The van der Waals surface area contributed by atoms with E-state index in [4.69, 9.17) is 4.74 Å². The predicted octanol–water partition coefficient (Wildman–Crippen LogP) is 3.31. The van der Waals surface area contributed by atoms with Crippen molar-refractivity contribution in [2.45, 2.75) is 37.0 Å². The van der Waals surface area contributed by atoms with Gasteiger partial charge in [-0.3, -0.25) is 9.59 Å². The Bertz CT molecular complexity index is 494. The number of rotatable bonds is 8. The second-order valence-electron chi connectivity index (χ2n) is 5.22. The van der Waals surface area contributed by atoms with E-state index in [9.17, 15) is 14.7 Å². The molecule has 1 aliphatic rings. The lowest BCUT2D eigenvalue weighted by Crippen LogP contribution is -2.17. The highest BCUT2D eigenvalue weighted by molar-refractivity contribution is 7.99. The van der Waals surface area contributed by atoms with Gasteiger partial charge in [-0.1, -0.05) is 12.1 Å². The van der Waals surface area contributed by atoms with E-state index >= 15 is 0 Å². The summed E-state index contributed by atoms with van der Waals surface area (Å²) in [5.41, 5.74) is 0.645. The highest BCUT2D eigenvalue weighted by Crippen LogP contribution is 2.35. The van der Waals surface area contributed by atoms with Gasteiger partial charge >= 0.3 is 11.9 Å². The Morgan fingerprint density at radius 3 is 2.52 bits per heavy atom.